The summed E-state index contributed by atoms with van der Waals surface area (Å²) in [5.74, 6) is -0.337. The number of halogens is 1. The summed E-state index contributed by atoms with van der Waals surface area (Å²) >= 11 is 5.40. The van der Waals surface area contributed by atoms with Gasteiger partial charge in [-0.2, -0.15) is 0 Å². The molecule has 0 aliphatic heterocycles. The van der Waals surface area contributed by atoms with Gasteiger partial charge in [0, 0.05) is 18.5 Å². The zero-order chi connectivity index (χ0) is 13.8. The van der Waals surface area contributed by atoms with Crippen molar-refractivity contribution in [1.29, 1.82) is 0 Å². The standard InChI is InChI=1S/C11H15ClN2O3S/c1-8-3-4-10(7-11(8)13-9(2)15)14-18(16,17)6-5-12/h3-4,7,14H,5-6H2,1-2H3,(H,13,15). The number of anilines is 2. The molecule has 2 N–H and O–H groups in total. The van der Waals surface area contributed by atoms with Crippen molar-refractivity contribution in [2.75, 3.05) is 21.7 Å². The minimum Gasteiger partial charge on any atom is -0.326 e. The molecule has 100 valence electrons. The van der Waals surface area contributed by atoms with Crippen LogP contribution in [-0.4, -0.2) is 26.0 Å². The van der Waals surface area contributed by atoms with Crippen molar-refractivity contribution in [3.05, 3.63) is 23.8 Å². The van der Waals surface area contributed by atoms with Crippen molar-refractivity contribution in [3.8, 4) is 0 Å². The van der Waals surface area contributed by atoms with E-state index in [4.69, 9.17) is 11.6 Å². The molecule has 5 nitrogen and oxygen atoms in total. The molecule has 1 aromatic rings. The van der Waals surface area contributed by atoms with Gasteiger partial charge in [-0.3, -0.25) is 9.52 Å². The lowest BCUT2D eigenvalue weighted by Gasteiger charge is -2.11. The van der Waals surface area contributed by atoms with Gasteiger partial charge in [0.25, 0.3) is 0 Å². The Morgan fingerprint density at radius 2 is 2.06 bits per heavy atom. The zero-order valence-corrected chi connectivity index (χ0v) is 11.7. The molecule has 0 aromatic heterocycles. The van der Waals surface area contributed by atoms with Crippen LogP contribution in [0.3, 0.4) is 0 Å². The van der Waals surface area contributed by atoms with Gasteiger partial charge in [0.05, 0.1) is 11.4 Å². The second-order valence-electron chi connectivity index (χ2n) is 3.82. The van der Waals surface area contributed by atoms with E-state index in [2.05, 4.69) is 10.0 Å². The van der Waals surface area contributed by atoms with Gasteiger partial charge in [0.15, 0.2) is 0 Å². The van der Waals surface area contributed by atoms with Crippen molar-refractivity contribution >= 4 is 38.9 Å². The highest BCUT2D eigenvalue weighted by Gasteiger charge is 2.10. The molecule has 18 heavy (non-hydrogen) atoms. The van der Waals surface area contributed by atoms with E-state index in [1.807, 2.05) is 6.92 Å². The number of hydrogen-bond acceptors (Lipinski definition) is 3. The molecule has 0 bridgehead atoms. The Balaban J connectivity index is 2.95. The number of aryl methyl sites for hydroxylation is 1. The van der Waals surface area contributed by atoms with Crippen LogP contribution < -0.4 is 10.0 Å². The first-order valence-electron chi connectivity index (χ1n) is 5.29. The van der Waals surface area contributed by atoms with Gasteiger partial charge in [-0.25, -0.2) is 8.42 Å². The molecular weight excluding hydrogens is 276 g/mol. The monoisotopic (exact) mass is 290 g/mol. The molecule has 0 unspecified atom stereocenters. The van der Waals surface area contributed by atoms with E-state index in [1.165, 1.54) is 6.92 Å². The van der Waals surface area contributed by atoms with Crippen molar-refractivity contribution in [1.82, 2.24) is 0 Å². The molecule has 0 radical (unpaired) electrons. The fourth-order valence-corrected chi connectivity index (χ4v) is 2.74. The highest BCUT2D eigenvalue weighted by atomic mass is 35.5. The van der Waals surface area contributed by atoms with Crippen molar-refractivity contribution in [3.63, 3.8) is 0 Å². The maximum Gasteiger partial charge on any atom is 0.233 e. The predicted molar refractivity (Wildman–Crippen MR) is 73.6 cm³/mol. The van der Waals surface area contributed by atoms with E-state index >= 15 is 0 Å². The van der Waals surface area contributed by atoms with E-state index in [1.54, 1.807) is 18.2 Å². The van der Waals surface area contributed by atoms with Crippen LogP contribution in [-0.2, 0) is 14.8 Å². The Bertz CT molecular complexity index is 543. The first-order chi connectivity index (χ1) is 8.34. The lowest BCUT2D eigenvalue weighted by atomic mass is 10.2. The largest absolute Gasteiger partial charge is 0.326 e. The quantitative estimate of drug-likeness (QED) is 0.814. The van der Waals surface area contributed by atoms with Gasteiger partial charge < -0.3 is 5.32 Å². The molecule has 0 saturated heterocycles. The van der Waals surface area contributed by atoms with E-state index < -0.39 is 10.0 Å². The van der Waals surface area contributed by atoms with E-state index in [0.29, 0.717) is 11.4 Å². The smallest absolute Gasteiger partial charge is 0.233 e. The summed E-state index contributed by atoms with van der Waals surface area (Å²) in [5.41, 5.74) is 1.83. The van der Waals surface area contributed by atoms with Crippen molar-refractivity contribution in [2.24, 2.45) is 0 Å². The van der Waals surface area contributed by atoms with Gasteiger partial charge in [-0.1, -0.05) is 6.07 Å². The molecular formula is C11H15ClN2O3S. The Kier molecular flexibility index (Phi) is 4.98. The molecule has 1 aromatic carbocycles. The van der Waals surface area contributed by atoms with Crippen molar-refractivity contribution < 1.29 is 13.2 Å². The number of amides is 1. The molecule has 0 fully saturated rings. The van der Waals surface area contributed by atoms with Crippen LogP contribution in [0, 0.1) is 6.92 Å². The van der Waals surface area contributed by atoms with Gasteiger partial charge in [0.1, 0.15) is 0 Å². The topological polar surface area (TPSA) is 75.3 Å². The first kappa shape index (κ1) is 14.8. The number of rotatable bonds is 5. The van der Waals surface area contributed by atoms with Crippen LogP contribution in [0.1, 0.15) is 12.5 Å². The Morgan fingerprint density at radius 3 is 2.61 bits per heavy atom. The third-order valence-corrected chi connectivity index (χ3v) is 3.87. The summed E-state index contributed by atoms with van der Waals surface area (Å²) in [6.07, 6.45) is 0. The normalized spacial score (nSPS) is 11.1. The first-order valence-corrected chi connectivity index (χ1v) is 7.47. The second-order valence-corrected chi connectivity index (χ2v) is 6.04. The minimum absolute atomic E-state index is 0.0275. The third-order valence-electron chi connectivity index (χ3n) is 2.17. The fraction of sp³-hybridized carbons (Fsp3) is 0.364. The average molecular weight is 291 g/mol. The summed E-state index contributed by atoms with van der Waals surface area (Å²) in [5, 5.41) is 2.63. The highest BCUT2D eigenvalue weighted by molar-refractivity contribution is 7.92. The number of sulfonamides is 1. The molecule has 0 saturated carbocycles. The summed E-state index contributed by atoms with van der Waals surface area (Å²) < 4.78 is 25.5. The molecule has 0 aliphatic rings. The zero-order valence-electron chi connectivity index (χ0n) is 10.2. The number of carbonyl (C=O) groups excluding carboxylic acids is 1. The van der Waals surface area contributed by atoms with E-state index in [9.17, 15) is 13.2 Å². The van der Waals surface area contributed by atoms with Crippen LogP contribution in [0.25, 0.3) is 0 Å². The lowest BCUT2D eigenvalue weighted by molar-refractivity contribution is -0.114. The molecule has 1 rings (SSSR count). The number of hydrogen-bond donors (Lipinski definition) is 2. The van der Waals surface area contributed by atoms with E-state index in [-0.39, 0.29) is 17.5 Å². The van der Waals surface area contributed by atoms with Crippen LogP contribution in [0.15, 0.2) is 18.2 Å². The Morgan fingerprint density at radius 1 is 1.39 bits per heavy atom. The summed E-state index contributed by atoms with van der Waals surface area (Å²) in [6.45, 7) is 3.21. The summed E-state index contributed by atoms with van der Waals surface area (Å²) in [6, 6.07) is 4.93. The van der Waals surface area contributed by atoms with Crippen LogP contribution >= 0.6 is 11.6 Å². The third kappa shape index (κ3) is 4.54. The number of benzene rings is 1. The van der Waals surface area contributed by atoms with E-state index in [0.717, 1.165) is 5.56 Å². The average Bonchev–Trinajstić information content (AvgIpc) is 2.21. The Labute approximate surface area is 112 Å². The summed E-state index contributed by atoms with van der Waals surface area (Å²) in [7, 11) is -3.44. The molecule has 7 heteroatoms. The summed E-state index contributed by atoms with van der Waals surface area (Å²) in [4.78, 5) is 11.0. The maximum atomic E-state index is 11.5. The van der Waals surface area contributed by atoms with Crippen LogP contribution in [0.4, 0.5) is 11.4 Å². The van der Waals surface area contributed by atoms with Gasteiger partial charge >= 0.3 is 0 Å². The lowest BCUT2D eigenvalue weighted by Crippen LogP contribution is -2.17. The van der Waals surface area contributed by atoms with Gasteiger partial charge in [0.2, 0.25) is 15.9 Å². The van der Waals surface area contributed by atoms with Crippen LogP contribution in [0.5, 0.6) is 0 Å². The SMILES string of the molecule is CC(=O)Nc1cc(NS(=O)(=O)CCCl)ccc1C. The van der Waals surface area contributed by atoms with Crippen LogP contribution in [0.2, 0.25) is 0 Å². The molecule has 0 aliphatic carbocycles. The highest BCUT2D eigenvalue weighted by Crippen LogP contribution is 2.21. The predicted octanol–water partition coefficient (Wildman–Crippen LogP) is 1.93. The number of alkyl halides is 1. The number of carbonyl (C=O) groups is 1. The maximum absolute atomic E-state index is 11.5. The Hall–Kier alpha value is -1.27. The molecule has 0 spiro atoms. The fourth-order valence-electron chi connectivity index (χ4n) is 1.34. The van der Waals surface area contributed by atoms with Gasteiger partial charge in [-0.05, 0) is 24.6 Å². The molecule has 0 heterocycles. The minimum atomic E-state index is -3.44. The number of nitrogens with one attached hydrogen (secondary N) is 2. The van der Waals surface area contributed by atoms with Crippen molar-refractivity contribution in [2.45, 2.75) is 13.8 Å². The molecule has 0 atom stereocenters. The van der Waals surface area contributed by atoms with Gasteiger partial charge in [-0.15, -0.1) is 11.6 Å². The molecule has 1 amide bonds. The second kappa shape index (κ2) is 6.06.